The Morgan fingerprint density at radius 2 is 1.85 bits per heavy atom. The molecular formula is C26H36N4O3. The van der Waals surface area contributed by atoms with Crippen LogP contribution in [0.3, 0.4) is 0 Å². The molecule has 0 saturated heterocycles. The molecule has 1 aromatic heterocycles. The number of fused-ring (bicyclic) bond motifs is 1. The zero-order valence-electron chi connectivity index (χ0n) is 20.2. The lowest BCUT2D eigenvalue weighted by molar-refractivity contribution is 0.0997. The van der Waals surface area contributed by atoms with Crippen molar-refractivity contribution in [2.75, 3.05) is 13.2 Å². The van der Waals surface area contributed by atoms with Gasteiger partial charge in [-0.1, -0.05) is 25.5 Å². The molecule has 33 heavy (non-hydrogen) atoms. The van der Waals surface area contributed by atoms with E-state index in [1.807, 2.05) is 45.0 Å². The minimum atomic E-state index is -0.443. The molecule has 0 radical (unpaired) electrons. The van der Waals surface area contributed by atoms with E-state index in [4.69, 9.17) is 10.5 Å². The molecule has 2 aromatic rings. The van der Waals surface area contributed by atoms with Gasteiger partial charge in [0.25, 0.3) is 5.91 Å². The van der Waals surface area contributed by atoms with Gasteiger partial charge in [0.15, 0.2) is 0 Å². The van der Waals surface area contributed by atoms with Gasteiger partial charge < -0.3 is 25.3 Å². The Bertz CT molecular complexity index is 1030. The van der Waals surface area contributed by atoms with Crippen molar-refractivity contribution >= 4 is 11.9 Å². The largest absolute Gasteiger partial charge is 0.494 e. The minimum absolute atomic E-state index is 0.117. The summed E-state index contributed by atoms with van der Waals surface area (Å²) in [7, 11) is 0. The third kappa shape index (κ3) is 5.02. The lowest BCUT2D eigenvalue weighted by Crippen LogP contribution is -2.50. The standard InChI is InChI=1S/C26H36N4O3/c1-5-6-15-33-19-11-9-17(10-12-19)21-22(24(27)31)20-16-29(25(32)28-26(2,3)4)13-14-30(20)23(21)18-7-8-18/h9-12,18H,5-8,13-16H2,1-4H3,(H2,27,31)(H,28,32). The average Bonchev–Trinajstić information content (AvgIpc) is 3.53. The molecule has 1 fully saturated rings. The molecule has 178 valence electrons. The lowest BCUT2D eigenvalue weighted by Gasteiger charge is -2.33. The van der Waals surface area contributed by atoms with Gasteiger partial charge in [-0.2, -0.15) is 0 Å². The van der Waals surface area contributed by atoms with Crippen molar-refractivity contribution in [3.63, 3.8) is 0 Å². The number of aromatic nitrogens is 1. The Labute approximate surface area is 196 Å². The summed E-state index contributed by atoms with van der Waals surface area (Å²) in [5.74, 6) is 0.819. The van der Waals surface area contributed by atoms with Crippen molar-refractivity contribution in [2.45, 2.75) is 77.9 Å². The number of nitrogens with one attached hydrogen (secondary N) is 1. The fourth-order valence-corrected chi connectivity index (χ4v) is 4.55. The number of rotatable bonds is 7. The van der Waals surface area contributed by atoms with Gasteiger partial charge in [0.1, 0.15) is 5.75 Å². The molecule has 0 bridgehead atoms. The zero-order chi connectivity index (χ0) is 23.8. The van der Waals surface area contributed by atoms with Crippen LogP contribution in [-0.4, -0.2) is 40.1 Å². The van der Waals surface area contributed by atoms with E-state index >= 15 is 0 Å². The topological polar surface area (TPSA) is 89.6 Å². The van der Waals surface area contributed by atoms with Crippen LogP contribution in [0.2, 0.25) is 0 Å². The van der Waals surface area contributed by atoms with Crippen LogP contribution < -0.4 is 15.8 Å². The average molecular weight is 453 g/mol. The van der Waals surface area contributed by atoms with Crippen molar-refractivity contribution in [3.05, 3.63) is 41.2 Å². The van der Waals surface area contributed by atoms with Crippen LogP contribution in [0.4, 0.5) is 4.79 Å². The number of urea groups is 1. The maximum atomic E-state index is 12.8. The van der Waals surface area contributed by atoms with Crippen molar-refractivity contribution in [1.82, 2.24) is 14.8 Å². The molecule has 1 aliphatic carbocycles. The SMILES string of the molecule is CCCCOc1ccc(-c2c(C(N)=O)c3n(c2C2CC2)CCN(C(=O)NC(C)(C)C)C3)cc1. The molecule has 3 N–H and O–H groups in total. The molecular weight excluding hydrogens is 416 g/mol. The smallest absolute Gasteiger partial charge is 0.318 e. The normalized spacial score (nSPS) is 15.8. The first-order valence-electron chi connectivity index (χ1n) is 12.0. The van der Waals surface area contributed by atoms with Gasteiger partial charge in [0.05, 0.1) is 24.4 Å². The van der Waals surface area contributed by atoms with Crippen molar-refractivity contribution < 1.29 is 14.3 Å². The maximum absolute atomic E-state index is 12.8. The first-order chi connectivity index (χ1) is 15.7. The highest BCUT2D eigenvalue weighted by molar-refractivity contribution is 6.02. The van der Waals surface area contributed by atoms with Crippen molar-refractivity contribution in [2.24, 2.45) is 5.73 Å². The lowest BCUT2D eigenvalue weighted by atomic mass is 9.97. The number of carbonyl (C=O) groups excluding carboxylic acids is 2. The number of unbranched alkanes of at least 4 members (excludes halogenated alkanes) is 1. The van der Waals surface area contributed by atoms with Crippen LogP contribution in [0.1, 0.15) is 81.0 Å². The molecule has 0 atom stereocenters. The highest BCUT2D eigenvalue weighted by atomic mass is 16.5. The monoisotopic (exact) mass is 452 g/mol. The zero-order valence-corrected chi connectivity index (χ0v) is 20.2. The van der Waals surface area contributed by atoms with Gasteiger partial charge in [-0.25, -0.2) is 4.79 Å². The fourth-order valence-electron chi connectivity index (χ4n) is 4.55. The molecule has 1 aliphatic heterocycles. The number of primary amides is 1. The molecule has 2 heterocycles. The summed E-state index contributed by atoms with van der Waals surface area (Å²) in [6.45, 7) is 10.4. The highest BCUT2D eigenvalue weighted by Gasteiger charge is 2.38. The second-order valence-corrected chi connectivity index (χ2v) is 10.2. The molecule has 7 heteroatoms. The second kappa shape index (κ2) is 9.12. The van der Waals surface area contributed by atoms with Crippen molar-refractivity contribution in [1.29, 1.82) is 0 Å². The Morgan fingerprint density at radius 1 is 1.15 bits per heavy atom. The summed E-state index contributed by atoms with van der Waals surface area (Å²) in [5.41, 5.74) is 10.1. The summed E-state index contributed by atoms with van der Waals surface area (Å²) in [4.78, 5) is 27.3. The van der Waals surface area contributed by atoms with Crippen LogP contribution in [0, 0.1) is 0 Å². The number of benzene rings is 1. The van der Waals surface area contributed by atoms with Gasteiger partial charge in [-0.05, 0) is 63.6 Å². The maximum Gasteiger partial charge on any atom is 0.318 e. The molecule has 7 nitrogen and oxygen atoms in total. The number of ether oxygens (including phenoxy) is 1. The van der Waals surface area contributed by atoms with Crippen LogP contribution in [-0.2, 0) is 13.1 Å². The van der Waals surface area contributed by atoms with Gasteiger partial charge in [0, 0.05) is 29.9 Å². The Morgan fingerprint density at radius 3 is 2.42 bits per heavy atom. The summed E-state index contributed by atoms with van der Waals surface area (Å²) in [6, 6.07) is 7.85. The number of carbonyl (C=O) groups is 2. The van der Waals surface area contributed by atoms with Crippen molar-refractivity contribution in [3.8, 4) is 16.9 Å². The molecule has 0 unspecified atom stereocenters. The summed E-state index contributed by atoms with van der Waals surface area (Å²) in [5, 5.41) is 3.03. The fraction of sp³-hybridized carbons (Fsp3) is 0.538. The van der Waals surface area contributed by atoms with E-state index < -0.39 is 5.91 Å². The van der Waals surface area contributed by atoms with Gasteiger partial charge in [-0.3, -0.25) is 4.79 Å². The predicted octanol–water partition coefficient (Wildman–Crippen LogP) is 4.63. The Balaban J connectivity index is 1.70. The first kappa shape index (κ1) is 23.2. The van der Waals surface area contributed by atoms with E-state index in [2.05, 4.69) is 16.8 Å². The third-order valence-electron chi connectivity index (χ3n) is 6.23. The van der Waals surface area contributed by atoms with E-state index in [1.54, 1.807) is 4.90 Å². The molecule has 1 saturated carbocycles. The Hall–Kier alpha value is -2.96. The summed E-state index contributed by atoms with van der Waals surface area (Å²) in [6.07, 6.45) is 4.33. The molecule has 4 rings (SSSR count). The molecule has 1 aromatic carbocycles. The van der Waals surface area contributed by atoms with Crippen LogP contribution >= 0.6 is 0 Å². The van der Waals surface area contributed by atoms with Crippen LogP contribution in [0.15, 0.2) is 24.3 Å². The van der Waals surface area contributed by atoms with Crippen LogP contribution in [0.5, 0.6) is 5.75 Å². The number of nitrogens with zero attached hydrogens (tertiary/aromatic N) is 2. The van der Waals surface area contributed by atoms with E-state index in [-0.39, 0.29) is 11.6 Å². The van der Waals surface area contributed by atoms with E-state index in [1.165, 1.54) is 5.69 Å². The van der Waals surface area contributed by atoms with E-state index in [0.717, 1.165) is 48.3 Å². The first-order valence-corrected chi connectivity index (χ1v) is 12.0. The molecule has 2 aliphatic rings. The number of hydrogen-bond acceptors (Lipinski definition) is 3. The third-order valence-corrected chi connectivity index (χ3v) is 6.23. The highest BCUT2D eigenvalue weighted by Crippen LogP contribution is 2.48. The number of amides is 3. The summed E-state index contributed by atoms with van der Waals surface area (Å²) < 4.78 is 8.07. The van der Waals surface area contributed by atoms with E-state index in [0.29, 0.717) is 37.7 Å². The van der Waals surface area contributed by atoms with Crippen LogP contribution in [0.25, 0.3) is 11.1 Å². The Kier molecular flexibility index (Phi) is 6.41. The number of hydrogen-bond donors (Lipinski definition) is 2. The van der Waals surface area contributed by atoms with Gasteiger partial charge in [0.2, 0.25) is 0 Å². The summed E-state index contributed by atoms with van der Waals surface area (Å²) >= 11 is 0. The van der Waals surface area contributed by atoms with Gasteiger partial charge in [-0.15, -0.1) is 0 Å². The van der Waals surface area contributed by atoms with Gasteiger partial charge >= 0.3 is 6.03 Å². The number of nitrogens with two attached hydrogens (primary N) is 1. The predicted molar refractivity (Wildman–Crippen MR) is 129 cm³/mol. The molecule has 0 spiro atoms. The second-order valence-electron chi connectivity index (χ2n) is 10.2. The quantitative estimate of drug-likeness (QED) is 0.600. The molecule has 3 amide bonds. The minimum Gasteiger partial charge on any atom is -0.494 e. The van der Waals surface area contributed by atoms with E-state index in [9.17, 15) is 9.59 Å².